The third kappa shape index (κ3) is 3.84. The van der Waals surface area contributed by atoms with E-state index >= 15 is 0 Å². The molecule has 6 nitrogen and oxygen atoms in total. The van der Waals surface area contributed by atoms with E-state index in [9.17, 15) is 4.79 Å². The first kappa shape index (κ1) is 15.0. The van der Waals surface area contributed by atoms with Gasteiger partial charge in [-0.05, 0) is 49.2 Å². The predicted octanol–water partition coefficient (Wildman–Crippen LogP) is 2.81. The third-order valence-electron chi connectivity index (χ3n) is 3.54. The maximum atomic E-state index is 11.9. The van der Waals surface area contributed by atoms with Crippen LogP contribution in [0.3, 0.4) is 0 Å². The summed E-state index contributed by atoms with van der Waals surface area (Å²) >= 11 is 0. The van der Waals surface area contributed by atoms with Gasteiger partial charge in [-0.15, -0.1) is 0 Å². The zero-order valence-corrected chi connectivity index (χ0v) is 12.5. The van der Waals surface area contributed by atoms with Crippen molar-refractivity contribution in [3.63, 3.8) is 0 Å². The molecular weight excluding hydrogens is 292 g/mol. The van der Waals surface area contributed by atoms with E-state index in [0.717, 1.165) is 24.2 Å². The van der Waals surface area contributed by atoms with Gasteiger partial charge in [0.1, 0.15) is 11.9 Å². The van der Waals surface area contributed by atoms with E-state index in [0.29, 0.717) is 18.0 Å². The molecule has 1 amide bonds. The molecule has 1 aliphatic heterocycles. The lowest BCUT2D eigenvalue weighted by atomic mass is 10.2. The molecule has 2 N–H and O–H groups in total. The van der Waals surface area contributed by atoms with Crippen LogP contribution in [0.25, 0.3) is 0 Å². The van der Waals surface area contributed by atoms with Gasteiger partial charge in [-0.25, -0.2) is 4.98 Å². The van der Waals surface area contributed by atoms with E-state index in [1.165, 1.54) is 0 Å². The van der Waals surface area contributed by atoms with Crippen molar-refractivity contribution in [1.82, 2.24) is 4.98 Å². The topological polar surface area (TPSA) is 87.0 Å². The van der Waals surface area contributed by atoms with Crippen LogP contribution in [-0.4, -0.2) is 23.6 Å². The molecule has 3 rings (SSSR count). The van der Waals surface area contributed by atoms with Gasteiger partial charge in [0.2, 0.25) is 0 Å². The lowest BCUT2D eigenvalue weighted by molar-refractivity contribution is -0.124. The summed E-state index contributed by atoms with van der Waals surface area (Å²) < 4.78 is 5.33. The van der Waals surface area contributed by atoms with Gasteiger partial charge in [0, 0.05) is 12.3 Å². The molecule has 23 heavy (non-hydrogen) atoms. The fourth-order valence-corrected chi connectivity index (χ4v) is 2.33. The molecule has 116 valence electrons. The quantitative estimate of drug-likeness (QED) is 0.907. The first-order valence-electron chi connectivity index (χ1n) is 7.40. The monoisotopic (exact) mass is 308 g/mol. The molecule has 1 unspecified atom stereocenters. The van der Waals surface area contributed by atoms with E-state index in [4.69, 9.17) is 10.00 Å². The number of nitrogens with zero attached hydrogens (tertiary/aromatic N) is 2. The maximum absolute atomic E-state index is 11.9. The zero-order valence-electron chi connectivity index (χ0n) is 12.5. The van der Waals surface area contributed by atoms with Crippen LogP contribution < -0.4 is 10.6 Å². The standard InChI is InChI=1S/C17H16N4O2/c18-10-12-3-5-13(6-4-12)20-14-7-8-16(19-11-14)21-17(22)15-2-1-9-23-15/h3-8,11,15,20H,1-2,9H2,(H,19,21,22). The number of nitrogens with one attached hydrogen (secondary N) is 2. The SMILES string of the molecule is N#Cc1ccc(Nc2ccc(NC(=O)C3CCCO3)nc2)cc1. The van der Waals surface area contributed by atoms with Crippen LogP contribution in [0.5, 0.6) is 0 Å². The number of aromatic nitrogens is 1. The van der Waals surface area contributed by atoms with Crippen molar-refractivity contribution >= 4 is 23.1 Å². The second-order valence-corrected chi connectivity index (χ2v) is 5.24. The minimum absolute atomic E-state index is 0.150. The Balaban J connectivity index is 1.60. The van der Waals surface area contributed by atoms with Gasteiger partial charge in [0.15, 0.2) is 0 Å². The number of carbonyl (C=O) groups excluding carboxylic acids is 1. The van der Waals surface area contributed by atoms with E-state index < -0.39 is 0 Å². The van der Waals surface area contributed by atoms with Crippen molar-refractivity contribution < 1.29 is 9.53 Å². The highest BCUT2D eigenvalue weighted by atomic mass is 16.5. The molecule has 0 saturated carbocycles. The van der Waals surface area contributed by atoms with Crippen LogP contribution in [0, 0.1) is 11.3 Å². The Bertz CT molecular complexity index is 714. The fourth-order valence-electron chi connectivity index (χ4n) is 2.33. The van der Waals surface area contributed by atoms with E-state index in [2.05, 4.69) is 21.7 Å². The number of ether oxygens (including phenoxy) is 1. The molecule has 0 aliphatic carbocycles. The smallest absolute Gasteiger partial charge is 0.254 e. The van der Waals surface area contributed by atoms with Gasteiger partial charge in [0.05, 0.1) is 23.5 Å². The summed E-state index contributed by atoms with van der Waals surface area (Å²) in [6, 6.07) is 12.8. The lowest BCUT2D eigenvalue weighted by Gasteiger charge is -2.10. The highest BCUT2D eigenvalue weighted by Gasteiger charge is 2.23. The second kappa shape index (κ2) is 6.90. The van der Waals surface area contributed by atoms with Crippen molar-refractivity contribution in [3.05, 3.63) is 48.2 Å². The zero-order chi connectivity index (χ0) is 16.1. The van der Waals surface area contributed by atoms with Crippen molar-refractivity contribution in [1.29, 1.82) is 5.26 Å². The van der Waals surface area contributed by atoms with E-state index in [1.807, 2.05) is 18.2 Å². The highest BCUT2D eigenvalue weighted by molar-refractivity contribution is 5.93. The van der Waals surface area contributed by atoms with Gasteiger partial charge in [-0.2, -0.15) is 5.26 Å². The number of rotatable bonds is 4. The predicted molar refractivity (Wildman–Crippen MR) is 86.3 cm³/mol. The molecule has 1 aromatic carbocycles. The Labute approximate surface area is 134 Å². The molecule has 1 aromatic heterocycles. The minimum Gasteiger partial charge on any atom is -0.368 e. The van der Waals surface area contributed by atoms with Gasteiger partial charge in [-0.3, -0.25) is 4.79 Å². The number of anilines is 3. The van der Waals surface area contributed by atoms with Crippen LogP contribution >= 0.6 is 0 Å². The summed E-state index contributed by atoms with van der Waals surface area (Å²) in [6.45, 7) is 0.638. The number of hydrogen-bond acceptors (Lipinski definition) is 5. The third-order valence-corrected chi connectivity index (χ3v) is 3.54. The molecule has 0 radical (unpaired) electrons. The summed E-state index contributed by atoms with van der Waals surface area (Å²) in [5, 5.41) is 14.7. The minimum atomic E-state index is -0.367. The first-order valence-corrected chi connectivity index (χ1v) is 7.40. The average molecular weight is 308 g/mol. The normalized spacial score (nSPS) is 16.6. The second-order valence-electron chi connectivity index (χ2n) is 5.24. The van der Waals surface area contributed by atoms with Crippen LogP contribution in [0.15, 0.2) is 42.6 Å². The van der Waals surface area contributed by atoms with Crippen LogP contribution in [0.1, 0.15) is 18.4 Å². The Hall–Kier alpha value is -2.91. The van der Waals surface area contributed by atoms with Gasteiger partial charge in [0.25, 0.3) is 5.91 Å². The van der Waals surface area contributed by atoms with Gasteiger partial charge in [-0.1, -0.05) is 0 Å². The average Bonchev–Trinajstić information content (AvgIpc) is 3.12. The molecular formula is C17H16N4O2. The van der Waals surface area contributed by atoms with E-state index in [-0.39, 0.29) is 12.0 Å². The highest BCUT2D eigenvalue weighted by Crippen LogP contribution is 2.18. The number of carbonyl (C=O) groups is 1. The first-order chi connectivity index (χ1) is 11.2. The summed E-state index contributed by atoms with van der Waals surface area (Å²) in [5.74, 6) is 0.346. The van der Waals surface area contributed by atoms with Crippen LogP contribution in [-0.2, 0) is 9.53 Å². The number of hydrogen-bond donors (Lipinski definition) is 2. The molecule has 2 heterocycles. The van der Waals surface area contributed by atoms with Crippen molar-refractivity contribution in [2.45, 2.75) is 18.9 Å². The van der Waals surface area contributed by atoms with Gasteiger partial charge < -0.3 is 15.4 Å². The molecule has 1 fully saturated rings. The van der Waals surface area contributed by atoms with Crippen molar-refractivity contribution in [3.8, 4) is 6.07 Å². The number of amides is 1. The van der Waals surface area contributed by atoms with Crippen molar-refractivity contribution in [2.24, 2.45) is 0 Å². The van der Waals surface area contributed by atoms with Crippen LogP contribution in [0.4, 0.5) is 17.2 Å². The molecule has 6 heteroatoms. The van der Waals surface area contributed by atoms with E-state index in [1.54, 1.807) is 24.4 Å². The molecule has 2 aromatic rings. The Morgan fingerprint density at radius 2 is 2.00 bits per heavy atom. The number of nitriles is 1. The summed E-state index contributed by atoms with van der Waals surface area (Å²) in [5.41, 5.74) is 2.27. The molecule has 0 spiro atoms. The largest absolute Gasteiger partial charge is 0.368 e. The Morgan fingerprint density at radius 3 is 2.61 bits per heavy atom. The van der Waals surface area contributed by atoms with Crippen LogP contribution in [0.2, 0.25) is 0 Å². The van der Waals surface area contributed by atoms with Crippen molar-refractivity contribution in [2.75, 3.05) is 17.2 Å². The number of pyridine rings is 1. The fraction of sp³-hybridized carbons (Fsp3) is 0.235. The Kier molecular flexibility index (Phi) is 4.50. The molecule has 1 aliphatic rings. The Morgan fingerprint density at radius 1 is 1.22 bits per heavy atom. The maximum Gasteiger partial charge on any atom is 0.254 e. The van der Waals surface area contributed by atoms with Gasteiger partial charge >= 0.3 is 0 Å². The summed E-state index contributed by atoms with van der Waals surface area (Å²) in [6.07, 6.45) is 2.94. The summed E-state index contributed by atoms with van der Waals surface area (Å²) in [4.78, 5) is 16.2. The molecule has 1 atom stereocenters. The number of benzene rings is 1. The molecule has 0 bridgehead atoms. The molecule has 1 saturated heterocycles. The lowest BCUT2D eigenvalue weighted by Crippen LogP contribution is -2.27. The summed E-state index contributed by atoms with van der Waals surface area (Å²) in [7, 11) is 0.